The smallest absolute Gasteiger partial charge is 0.387 e. The van der Waals surface area contributed by atoms with Crippen molar-refractivity contribution >= 4 is 5.91 Å². The average molecular weight is 337 g/mol. The number of ether oxygens (including phenoxy) is 1. The average Bonchev–Trinajstić information content (AvgIpc) is 2.92. The lowest BCUT2D eigenvalue weighted by molar-refractivity contribution is -0.124. The van der Waals surface area contributed by atoms with Crippen LogP contribution in [0, 0.1) is 5.92 Å². The highest BCUT2D eigenvalue weighted by Crippen LogP contribution is 2.29. The van der Waals surface area contributed by atoms with E-state index in [0.717, 1.165) is 19.3 Å². The molecule has 0 bridgehead atoms. The summed E-state index contributed by atoms with van der Waals surface area (Å²) in [6.07, 6.45) is 3.00. The molecule has 1 saturated heterocycles. The second kappa shape index (κ2) is 7.37. The first-order chi connectivity index (χ1) is 11.6. The van der Waals surface area contributed by atoms with Crippen LogP contribution in [0.2, 0.25) is 0 Å². The van der Waals surface area contributed by atoms with E-state index in [1.54, 1.807) is 18.2 Å². The van der Waals surface area contributed by atoms with E-state index in [1.807, 2.05) is 0 Å². The fourth-order valence-electron chi connectivity index (χ4n) is 2.71. The van der Waals surface area contributed by atoms with E-state index < -0.39 is 6.61 Å². The number of carbonyl (C=O) groups excluding carboxylic acids is 1. The molecule has 1 amide bonds. The van der Waals surface area contributed by atoms with E-state index >= 15 is 0 Å². The molecule has 2 aromatic rings. The van der Waals surface area contributed by atoms with Crippen molar-refractivity contribution in [3.63, 3.8) is 0 Å². The molecule has 1 aliphatic heterocycles. The van der Waals surface area contributed by atoms with Gasteiger partial charge in [0, 0.05) is 18.9 Å². The molecule has 1 aliphatic rings. The fraction of sp³-hybridized carbons (Fsp3) is 0.438. The van der Waals surface area contributed by atoms with Crippen LogP contribution in [0.15, 0.2) is 28.8 Å². The van der Waals surface area contributed by atoms with Gasteiger partial charge in [0.05, 0.1) is 5.56 Å². The molecule has 1 N–H and O–H groups in total. The zero-order valence-electron chi connectivity index (χ0n) is 12.9. The van der Waals surface area contributed by atoms with Crippen molar-refractivity contribution in [2.24, 2.45) is 5.92 Å². The Balaban J connectivity index is 1.77. The van der Waals surface area contributed by atoms with Gasteiger partial charge >= 0.3 is 6.61 Å². The zero-order valence-corrected chi connectivity index (χ0v) is 12.9. The maximum Gasteiger partial charge on any atom is 0.387 e. The Morgan fingerprint density at radius 2 is 2.17 bits per heavy atom. The van der Waals surface area contributed by atoms with Crippen LogP contribution in [0.3, 0.4) is 0 Å². The van der Waals surface area contributed by atoms with Crippen molar-refractivity contribution in [2.45, 2.75) is 32.3 Å². The molecule has 0 radical (unpaired) electrons. The lowest BCUT2D eigenvalue weighted by atomic mass is 9.99. The number of nitrogens with zero attached hydrogens (tertiary/aromatic N) is 2. The van der Waals surface area contributed by atoms with E-state index in [9.17, 15) is 13.6 Å². The number of benzene rings is 1. The molecule has 1 fully saturated rings. The van der Waals surface area contributed by atoms with Crippen molar-refractivity contribution in [3.05, 3.63) is 30.2 Å². The van der Waals surface area contributed by atoms with Crippen molar-refractivity contribution in [1.82, 2.24) is 15.5 Å². The Hall–Kier alpha value is -2.51. The minimum absolute atomic E-state index is 0.0197. The molecule has 1 aromatic heterocycles. The van der Waals surface area contributed by atoms with Gasteiger partial charge in [-0.3, -0.25) is 4.79 Å². The Bertz CT molecular complexity index is 705. The van der Waals surface area contributed by atoms with Crippen molar-refractivity contribution < 1.29 is 22.8 Å². The number of rotatable bonds is 5. The summed E-state index contributed by atoms with van der Waals surface area (Å²) in [4.78, 5) is 16.2. The number of para-hydroxylation sites is 1. The summed E-state index contributed by atoms with van der Waals surface area (Å²) in [5.41, 5.74) is 0.318. The van der Waals surface area contributed by atoms with E-state index in [2.05, 4.69) is 20.2 Å². The van der Waals surface area contributed by atoms with Crippen LogP contribution >= 0.6 is 0 Å². The Morgan fingerprint density at radius 1 is 1.33 bits per heavy atom. The topological polar surface area (TPSA) is 77.2 Å². The Labute approximate surface area is 137 Å². The molecule has 1 unspecified atom stereocenters. The summed E-state index contributed by atoms with van der Waals surface area (Å²) in [6, 6.07) is 6.24. The minimum Gasteiger partial charge on any atom is -0.434 e. The number of halogens is 2. The highest BCUT2D eigenvalue weighted by molar-refractivity contribution is 5.79. The molecule has 1 aromatic carbocycles. The quantitative estimate of drug-likeness (QED) is 0.908. The number of hydrogen-bond acceptors (Lipinski definition) is 5. The van der Waals surface area contributed by atoms with Crippen LogP contribution in [0.5, 0.6) is 5.75 Å². The van der Waals surface area contributed by atoms with Crippen molar-refractivity contribution in [2.75, 3.05) is 6.54 Å². The van der Waals surface area contributed by atoms with Crippen LogP contribution < -0.4 is 10.1 Å². The summed E-state index contributed by atoms with van der Waals surface area (Å²) in [7, 11) is 0. The third-order valence-electron chi connectivity index (χ3n) is 3.88. The van der Waals surface area contributed by atoms with E-state index in [1.165, 1.54) is 6.07 Å². The van der Waals surface area contributed by atoms with Gasteiger partial charge in [-0.1, -0.05) is 23.7 Å². The lowest BCUT2D eigenvalue weighted by Gasteiger charge is -2.09. The molecule has 0 saturated carbocycles. The maximum absolute atomic E-state index is 12.5. The Kier molecular flexibility index (Phi) is 5.02. The van der Waals surface area contributed by atoms with Gasteiger partial charge in [0.1, 0.15) is 5.75 Å². The maximum atomic E-state index is 12.5. The molecule has 3 rings (SSSR count). The predicted molar refractivity (Wildman–Crippen MR) is 80.4 cm³/mol. The molecular weight excluding hydrogens is 320 g/mol. The second-order valence-corrected chi connectivity index (χ2v) is 5.57. The second-order valence-electron chi connectivity index (χ2n) is 5.57. The summed E-state index contributed by atoms with van der Waals surface area (Å²) in [5.74, 6) is 0.211. The summed E-state index contributed by atoms with van der Waals surface area (Å²) in [5, 5.41) is 6.68. The molecule has 128 valence electrons. The van der Waals surface area contributed by atoms with Gasteiger partial charge in [-0.2, -0.15) is 13.8 Å². The minimum atomic E-state index is -2.94. The van der Waals surface area contributed by atoms with E-state index in [-0.39, 0.29) is 23.4 Å². The standard InChI is InChI=1S/C16H17F2N3O3/c17-16(18)23-12-7-2-1-6-11(12)14-20-13(24-21-14)9-10-5-3-4-8-19-15(10)22/h1-2,6-7,10,16H,3-5,8-9H2,(H,19,22). The van der Waals surface area contributed by atoms with Gasteiger partial charge < -0.3 is 14.6 Å². The van der Waals surface area contributed by atoms with Crippen molar-refractivity contribution in [3.8, 4) is 17.1 Å². The highest BCUT2D eigenvalue weighted by atomic mass is 19.3. The summed E-state index contributed by atoms with van der Waals surface area (Å²) in [6.45, 7) is -2.25. The number of hydrogen-bond donors (Lipinski definition) is 1. The van der Waals surface area contributed by atoms with Gasteiger partial charge in [-0.25, -0.2) is 0 Å². The van der Waals surface area contributed by atoms with Crippen LogP contribution in [0.25, 0.3) is 11.4 Å². The fourth-order valence-corrected chi connectivity index (χ4v) is 2.71. The summed E-state index contributed by atoms with van der Waals surface area (Å²) < 4.78 is 34.6. The lowest BCUT2D eigenvalue weighted by Crippen LogP contribution is -2.30. The first-order valence-electron chi connectivity index (χ1n) is 7.78. The van der Waals surface area contributed by atoms with E-state index in [4.69, 9.17) is 4.52 Å². The number of amides is 1. The SMILES string of the molecule is O=C1NCCCCC1Cc1nc(-c2ccccc2OC(F)F)no1. The molecule has 1 atom stereocenters. The predicted octanol–water partition coefficient (Wildman–Crippen LogP) is 2.80. The molecule has 6 nitrogen and oxygen atoms in total. The van der Waals surface area contributed by atoms with Crippen LogP contribution in [-0.2, 0) is 11.2 Å². The number of alkyl halides is 2. The zero-order chi connectivity index (χ0) is 16.9. The van der Waals surface area contributed by atoms with Crippen molar-refractivity contribution in [1.29, 1.82) is 0 Å². The molecule has 2 heterocycles. The molecule has 0 aliphatic carbocycles. The van der Waals surface area contributed by atoms with Crippen LogP contribution in [-0.4, -0.2) is 29.2 Å². The summed E-state index contributed by atoms with van der Waals surface area (Å²) >= 11 is 0. The van der Waals surface area contributed by atoms with E-state index in [0.29, 0.717) is 24.4 Å². The first kappa shape index (κ1) is 16.4. The van der Waals surface area contributed by atoms with Gasteiger partial charge in [0.2, 0.25) is 17.6 Å². The first-order valence-corrected chi connectivity index (χ1v) is 7.78. The molecule has 24 heavy (non-hydrogen) atoms. The number of aromatic nitrogens is 2. The largest absolute Gasteiger partial charge is 0.434 e. The Morgan fingerprint density at radius 3 is 3.00 bits per heavy atom. The normalized spacial score (nSPS) is 18.3. The van der Waals surface area contributed by atoms with Crippen LogP contribution in [0.4, 0.5) is 8.78 Å². The molecule has 0 spiro atoms. The van der Waals surface area contributed by atoms with Gasteiger partial charge in [0.15, 0.2) is 0 Å². The van der Waals surface area contributed by atoms with Gasteiger partial charge in [-0.05, 0) is 25.0 Å². The van der Waals surface area contributed by atoms with Gasteiger partial charge in [0.25, 0.3) is 0 Å². The molecular formula is C16H17F2N3O3. The number of carbonyl (C=O) groups is 1. The van der Waals surface area contributed by atoms with Gasteiger partial charge in [-0.15, -0.1) is 0 Å². The third-order valence-corrected chi connectivity index (χ3v) is 3.88. The van der Waals surface area contributed by atoms with Crippen LogP contribution in [0.1, 0.15) is 25.2 Å². The highest BCUT2D eigenvalue weighted by Gasteiger charge is 2.24. The third kappa shape index (κ3) is 3.87. The molecule has 8 heteroatoms. The number of nitrogens with one attached hydrogen (secondary N) is 1. The monoisotopic (exact) mass is 337 g/mol.